The van der Waals surface area contributed by atoms with Gasteiger partial charge in [-0.2, -0.15) is 0 Å². The van der Waals surface area contributed by atoms with Crippen molar-refractivity contribution in [3.63, 3.8) is 0 Å². The van der Waals surface area contributed by atoms with Gasteiger partial charge in [-0.1, -0.05) is 26.7 Å². The van der Waals surface area contributed by atoms with E-state index in [2.05, 4.69) is 15.3 Å². The van der Waals surface area contributed by atoms with Crippen molar-refractivity contribution in [1.29, 1.82) is 0 Å². The topological polar surface area (TPSA) is 101 Å². The number of carbonyl (C=O) groups is 2. The Bertz CT molecular complexity index is 655. The van der Waals surface area contributed by atoms with Gasteiger partial charge in [-0.25, -0.2) is 9.97 Å². The van der Waals surface area contributed by atoms with Crippen molar-refractivity contribution in [2.24, 2.45) is 5.92 Å². The Kier molecular flexibility index (Phi) is 5.20. The highest BCUT2D eigenvalue weighted by Crippen LogP contribution is 2.32. The first-order valence-electron chi connectivity index (χ1n) is 9.18. The molecule has 2 fully saturated rings. The van der Waals surface area contributed by atoms with Gasteiger partial charge >= 0.3 is 0 Å². The summed E-state index contributed by atoms with van der Waals surface area (Å²) in [6.45, 7) is 5.02. The summed E-state index contributed by atoms with van der Waals surface area (Å²) in [6, 6.07) is -0.463. The van der Waals surface area contributed by atoms with Crippen LogP contribution in [-0.4, -0.2) is 45.8 Å². The molecule has 1 aromatic heterocycles. The van der Waals surface area contributed by atoms with E-state index < -0.39 is 6.04 Å². The average molecular weight is 345 g/mol. The van der Waals surface area contributed by atoms with Crippen LogP contribution in [-0.2, 0) is 4.79 Å². The van der Waals surface area contributed by atoms with Gasteiger partial charge in [0.1, 0.15) is 23.2 Å². The van der Waals surface area contributed by atoms with E-state index in [-0.39, 0.29) is 17.6 Å². The minimum absolute atomic E-state index is 0.102. The lowest BCUT2D eigenvalue weighted by Gasteiger charge is -2.36. The maximum Gasteiger partial charge on any atom is 0.259 e. The summed E-state index contributed by atoms with van der Waals surface area (Å²) in [4.78, 5) is 35.6. The Morgan fingerprint density at radius 1 is 1.40 bits per heavy atom. The zero-order chi connectivity index (χ0) is 18.0. The predicted octanol–water partition coefficient (Wildman–Crippen LogP) is 1.70. The molecule has 0 bridgehead atoms. The number of nitrogens with two attached hydrogens (primary N) is 1. The van der Waals surface area contributed by atoms with Gasteiger partial charge < -0.3 is 16.0 Å². The normalized spacial score (nSPS) is 21.6. The van der Waals surface area contributed by atoms with Crippen LogP contribution in [0.5, 0.6) is 0 Å². The average Bonchev–Trinajstić information content (AvgIpc) is 3.10. The summed E-state index contributed by atoms with van der Waals surface area (Å²) in [5.41, 5.74) is 6.38. The smallest absolute Gasteiger partial charge is 0.259 e. The van der Waals surface area contributed by atoms with E-state index in [9.17, 15) is 9.59 Å². The quantitative estimate of drug-likeness (QED) is 0.865. The van der Waals surface area contributed by atoms with Crippen LogP contribution >= 0.6 is 0 Å². The number of carbonyl (C=O) groups excluding carboxylic acids is 2. The zero-order valence-corrected chi connectivity index (χ0v) is 15.0. The van der Waals surface area contributed by atoms with Gasteiger partial charge in [-0.15, -0.1) is 0 Å². The van der Waals surface area contributed by atoms with E-state index in [4.69, 9.17) is 5.73 Å². The van der Waals surface area contributed by atoms with Gasteiger partial charge in [0.2, 0.25) is 5.91 Å². The lowest BCUT2D eigenvalue weighted by Crippen LogP contribution is -2.57. The predicted molar refractivity (Wildman–Crippen MR) is 94.9 cm³/mol. The van der Waals surface area contributed by atoms with Gasteiger partial charge in [0, 0.05) is 25.2 Å². The van der Waals surface area contributed by atoms with Crippen molar-refractivity contribution >= 4 is 17.6 Å². The van der Waals surface area contributed by atoms with E-state index in [1.54, 1.807) is 4.90 Å². The van der Waals surface area contributed by atoms with Gasteiger partial charge in [0.15, 0.2) is 0 Å². The van der Waals surface area contributed by atoms with Crippen LogP contribution in [0.25, 0.3) is 0 Å². The molecule has 7 heteroatoms. The number of rotatable bonds is 4. The second kappa shape index (κ2) is 7.37. The van der Waals surface area contributed by atoms with Crippen molar-refractivity contribution in [3.05, 3.63) is 17.6 Å². The van der Waals surface area contributed by atoms with Crippen LogP contribution in [0.15, 0.2) is 6.20 Å². The van der Waals surface area contributed by atoms with E-state index in [1.807, 2.05) is 13.8 Å². The maximum absolute atomic E-state index is 13.0. The Labute approximate surface area is 148 Å². The zero-order valence-electron chi connectivity index (χ0n) is 15.0. The number of hydrogen-bond donors (Lipinski definition) is 2. The Morgan fingerprint density at radius 3 is 2.76 bits per heavy atom. The van der Waals surface area contributed by atoms with Crippen LogP contribution in [0.2, 0.25) is 0 Å². The molecule has 1 aliphatic carbocycles. The van der Waals surface area contributed by atoms with Crippen LogP contribution in [0.3, 0.4) is 0 Å². The molecule has 0 aromatic carbocycles. The third-order valence-corrected chi connectivity index (χ3v) is 5.07. The van der Waals surface area contributed by atoms with Crippen molar-refractivity contribution in [3.8, 4) is 0 Å². The summed E-state index contributed by atoms with van der Waals surface area (Å²) < 4.78 is 0. The summed E-state index contributed by atoms with van der Waals surface area (Å²) in [5.74, 6) is 1.26. The maximum atomic E-state index is 13.0. The number of nitrogens with one attached hydrogen (secondary N) is 1. The molecule has 136 valence electrons. The number of amides is 2. The highest BCUT2D eigenvalue weighted by atomic mass is 16.2. The van der Waals surface area contributed by atoms with Gasteiger partial charge in [-0.3, -0.25) is 9.59 Å². The molecule has 1 atom stereocenters. The summed E-state index contributed by atoms with van der Waals surface area (Å²) >= 11 is 0. The van der Waals surface area contributed by atoms with Crippen LogP contribution in [0.1, 0.15) is 68.1 Å². The van der Waals surface area contributed by atoms with Gasteiger partial charge in [0.05, 0.1) is 0 Å². The minimum Gasteiger partial charge on any atom is -0.383 e. The lowest BCUT2D eigenvalue weighted by molar-refractivity contribution is -0.128. The first kappa shape index (κ1) is 17.6. The second-order valence-corrected chi connectivity index (χ2v) is 7.44. The molecule has 2 heterocycles. The molecule has 1 aliphatic heterocycles. The number of nitrogen functional groups attached to an aromatic ring is 1. The van der Waals surface area contributed by atoms with Gasteiger partial charge in [-0.05, 0) is 25.2 Å². The first-order chi connectivity index (χ1) is 12.0. The molecule has 3 N–H and O–H groups in total. The molecule has 1 saturated carbocycles. The Balaban J connectivity index is 1.82. The molecule has 2 amide bonds. The highest BCUT2D eigenvalue weighted by molar-refractivity contribution is 6.01. The van der Waals surface area contributed by atoms with E-state index >= 15 is 0 Å². The van der Waals surface area contributed by atoms with Crippen molar-refractivity contribution < 1.29 is 9.59 Å². The third-order valence-electron chi connectivity index (χ3n) is 5.07. The first-order valence-corrected chi connectivity index (χ1v) is 9.18. The highest BCUT2D eigenvalue weighted by Gasteiger charge is 2.35. The summed E-state index contributed by atoms with van der Waals surface area (Å²) in [7, 11) is 0. The fraction of sp³-hybridized carbons (Fsp3) is 0.667. The van der Waals surface area contributed by atoms with Crippen molar-refractivity contribution in [2.45, 2.75) is 57.9 Å². The monoisotopic (exact) mass is 345 g/mol. The number of hydrogen-bond acceptors (Lipinski definition) is 5. The van der Waals surface area contributed by atoms with Crippen LogP contribution in [0, 0.1) is 5.92 Å². The van der Waals surface area contributed by atoms with Crippen LogP contribution in [0.4, 0.5) is 5.82 Å². The fourth-order valence-electron chi connectivity index (χ4n) is 3.75. The fourth-order valence-corrected chi connectivity index (χ4v) is 3.75. The van der Waals surface area contributed by atoms with Crippen LogP contribution < -0.4 is 11.1 Å². The molecule has 0 unspecified atom stereocenters. The molecule has 2 aliphatic rings. The van der Waals surface area contributed by atoms with Gasteiger partial charge in [0.25, 0.3) is 5.91 Å². The molecule has 0 spiro atoms. The number of anilines is 1. The largest absolute Gasteiger partial charge is 0.383 e. The molecule has 25 heavy (non-hydrogen) atoms. The van der Waals surface area contributed by atoms with Crippen molar-refractivity contribution in [2.75, 3.05) is 18.8 Å². The van der Waals surface area contributed by atoms with E-state index in [0.717, 1.165) is 18.7 Å². The summed E-state index contributed by atoms with van der Waals surface area (Å²) in [5, 5.41) is 2.84. The third kappa shape index (κ3) is 3.75. The SMILES string of the molecule is CC(C)C[C@H]1C(=O)NCCN1C(=O)c1cnc(C2CCCC2)nc1N. The minimum atomic E-state index is -0.463. The van der Waals surface area contributed by atoms with Crippen molar-refractivity contribution in [1.82, 2.24) is 20.2 Å². The second-order valence-electron chi connectivity index (χ2n) is 7.44. The number of nitrogens with zero attached hydrogens (tertiary/aromatic N) is 3. The molecular formula is C18H27N5O2. The van der Waals surface area contributed by atoms with E-state index in [1.165, 1.54) is 19.0 Å². The molecule has 0 radical (unpaired) electrons. The molecule has 7 nitrogen and oxygen atoms in total. The lowest BCUT2D eigenvalue weighted by atomic mass is 9.99. The molecule has 1 saturated heterocycles. The Hall–Kier alpha value is -2.18. The molecule has 3 rings (SSSR count). The standard InChI is InChI=1S/C18H27N5O2/c1-11(2)9-14-17(24)20-7-8-23(14)18(25)13-10-21-16(22-15(13)19)12-5-3-4-6-12/h10-12,14H,3-9H2,1-2H3,(H,20,24)(H2,19,21,22)/t14-/m0/s1. The molecular weight excluding hydrogens is 318 g/mol. The summed E-state index contributed by atoms with van der Waals surface area (Å²) in [6.07, 6.45) is 6.70. The number of piperazine rings is 1. The number of aromatic nitrogens is 2. The van der Waals surface area contributed by atoms with E-state index in [0.29, 0.717) is 36.9 Å². The Morgan fingerprint density at radius 2 is 2.12 bits per heavy atom. The molecule has 1 aromatic rings.